The highest BCUT2D eigenvalue weighted by Gasteiger charge is 2.53. The van der Waals surface area contributed by atoms with Crippen molar-refractivity contribution in [3.8, 4) is 0 Å². The van der Waals surface area contributed by atoms with E-state index in [2.05, 4.69) is 25.5 Å². The highest BCUT2D eigenvalue weighted by molar-refractivity contribution is 5.87. The number of esters is 1. The molecule has 0 radical (unpaired) electrons. The van der Waals surface area contributed by atoms with E-state index in [0.29, 0.717) is 17.3 Å². The molecule has 0 aromatic heterocycles. The molecule has 1 fully saturated rings. The summed E-state index contributed by atoms with van der Waals surface area (Å²) in [6, 6.07) is 0. The van der Waals surface area contributed by atoms with Crippen LogP contribution in [0.15, 0.2) is 11.6 Å². The molecule has 0 amide bonds. The van der Waals surface area contributed by atoms with Gasteiger partial charge in [0.15, 0.2) is 0 Å². The van der Waals surface area contributed by atoms with Crippen molar-refractivity contribution < 1.29 is 9.53 Å². The van der Waals surface area contributed by atoms with E-state index in [1.165, 1.54) is 7.11 Å². The largest absolute Gasteiger partial charge is 0.466 e. The molecule has 0 heterocycles. The zero-order chi connectivity index (χ0) is 10.2. The van der Waals surface area contributed by atoms with Gasteiger partial charge in [0.05, 0.1) is 7.11 Å². The van der Waals surface area contributed by atoms with E-state index in [-0.39, 0.29) is 5.97 Å². The van der Waals surface area contributed by atoms with Gasteiger partial charge in [0.2, 0.25) is 0 Å². The number of ether oxygens (including phenoxy) is 1. The minimum atomic E-state index is -0.213. The van der Waals surface area contributed by atoms with Crippen LogP contribution in [0, 0.1) is 17.3 Å². The summed E-state index contributed by atoms with van der Waals surface area (Å²) in [4.78, 5) is 11.1. The molecule has 2 nitrogen and oxygen atoms in total. The quantitative estimate of drug-likeness (QED) is 0.484. The van der Waals surface area contributed by atoms with Gasteiger partial charge in [-0.3, -0.25) is 0 Å². The third-order valence-electron chi connectivity index (χ3n) is 3.40. The summed E-state index contributed by atoms with van der Waals surface area (Å²) in [5.41, 5.74) is 1.08. The molecule has 0 N–H and O–H groups in total. The maximum Gasteiger partial charge on any atom is 0.333 e. The van der Waals surface area contributed by atoms with E-state index in [9.17, 15) is 4.79 Å². The van der Waals surface area contributed by atoms with Crippen LogP contribution in [-0.4, -0.2) is 13.1 Å². The molecule has 2 unspecified atom stereocenters. The highest BCUT2D eigenvalue weighted by atomic mass is 16.5. The SMILES string of the molecule is COC(=O)/C(C)=C/C1C(C)C1(C)C. The van der Waals surface area contributed by atoms with Crippen LogP contribution in [0.25, 0.3) is 0 Å². The van der Waals surface area contributed by atoms with E-state index in [1.54, 1.807) is 0 Å². The molecule has 0 bridgehead atoms. The summed E-state index contributed by atoms with van der Waals surface area (Å²) in [7, 11) is 1.42. The second kappa shape index (κ2) is 3.17. The van der Waals surface area contributed by atoms with Crippen LogP contribution in [0.2, 0.25) is 0 Å². The van der Waals surface area contributed by atoms with Crippen LogP contribution in [0.5, 0.6) is 0 Å². The van der Waals surface area contributed by atoms with Gasteiger partial charge in [0, 0.05) is 5.57 Å². The first kappa shape index (κ1) is 10.3. The summed E-state index contributed by atoms with van der Waals surface area (Å²) in [6.45, 7) is 8.48. The fraction of sp³-hybridized carbons (Fsp3) is 0.727. The maximum absolute atomic E-state index is 11.1. The lowest BCUT2D eigenvalue weighted by Gasteiger charge is -2.00. The van der Waals surface area contributed by atoms with Crippen molar-refractivity contribution in [2.24, 2.45) is 17.3 Å². The van der Waals surface area contributed by atoms with Crippen LogP contribution in [0.4, 0.5) is 0 Å². The van der Waals surface area contributed by atoms with Gasteiger partial charge in [-0.1, -0.05) is 26.8 Å². The molecule has 1 aliphatic rings. The number of methoxy groups -OCH3 is 1. The predicted octanol–water partition coefficient (Wildman–Crippen LogP) is 2.40. The summed E-state index contributed by atoms with van der Waals surface area (Å²) < 4.78 is 4.64. The average molecular weight is 182 g/mol. The molecule has 0 aromatic carbocycles. The van der Waals surface area contributed by atoms with Gasteiger partial charge in [-0.25, -0.2) is 4.79 Å². The molecular formula is C11H18O2. The van der Waals surface area contributed by atoms with Crippen molar-refractivity contribution in [1.82, 2.24) is 0 Å². The molecule has 13 heavy (non-hydrogen) atoms. The summed E-state index contributed by atoms with van der Waals surface area (Å²) >= 11 is 0. The van der Waals surface area contributed by atoms with Crippen LogP contribution in [-0.2, 0) is 9.53 Å². The Morgan fingerprint density at radius 3 is 2.23 bits per heavy atom. The molecule has 2 heteroatoms. The van der Waals surface area contributed by atoms with Gasteiger partial charge in [-0.15, -0.1) is 0 Å². The highest BCUT2D eigenvalue weighted by Crippen LogP contribution is 2.58. The number of carbonyl (C=O) groups excluding carboxylic acids is 1. The predicted molar refractivity (Wildman–Crippen MR) is 52.2 cm³/mol. The molecule has 0 spiro atoms. The Kier molecular flexibility index (Phi) is 2.51. The van der Waals surface area contributed by atoms with E-state index >= 15 is 0 Å². The molecule has 1 saturated carbocycles. The van der Waals surface area contributed by atoms with Crippen LogP contribution >= 0.6 is 0 Å². The molecular weight excluding hydrogens is 164 g/mol. The first-order valence-electron chi connectivity index (χ1n) is 4.68. The molecule has 74 valence electrons. The normalized spacial score (nSPS) is 31.3. The van der Waals surface area contributed by atoms with Gasteiger partial charge in [0.1, 0.15) is 0 Å². The number of carbonyl (C=O) groups is 1. The first-order chi connectivity index (χ1) is 5.91. The maximum atomic E-state index is 11.1. The lowest BCUT2D eigenvalue weighted by atomic mass is 10.1. The third kappa shape index (κ3) is 1.77. The molecule has 2 atom stereocenters. The Hall–Kier alpha value is -0.790. The van der Waals surface area contributed by atoms with Crippen molar-refractivity contribution in [2.45, 2.75) is 27.7 Å². The lowest BCUT2D eigenvalue weighted by Crippen LogP contribution is -2.02. The average Bonchev–Trinajstić information content (AvgIpc) is 2.53. The molecule has 1 aliphatic carbocycles. The van der Waals surface area contributed by atoms with Gasteiger partial charge < -0.3 is 4.74 Å². The van der Waals surface area contributed by atoms with E-state index in [0.717, 1.165) is 5.57 Å². The van der Waals surface area contributed by atoms with Gasteiger partial charge in [-0.05, 0) is 24.2 Å². The minimum absolute atomic E-state index is 0.213. The number of rotatable bonds is 2. The number of allylic oxidation sites excluding steroid dienone is 1. The van der Waals surface area contributed by atoms with Crippen molar-refractivity contribution in [1.29, 1.82) is 0 Å². The van der Waals surface area contributed by atoms with Crippen molar-refractivity contribution in [3.05, 3.63) is 11.6 Å². The topological polar surface area (TPSA) is 26.3 Å². The Morgan fingerprint density at radius 2 is 1.92 bits per heavy atom. The number of hydrogen-bond donors (Lipinski definition) is 0. The summed E-state index contributed by atoms with van der Waals surface area (Å²) in [5, 5.41) is 0. The van der Waals surface area contributed by atoms with E-state index in [1.807, 2.05) is 13.0 Å². The third-order valence-corrected chi connectivity index (χ3v) is 3.40. The van der Waals surface area contributed by atoms with Crippen molar-refractivity contribution in [3.63, 3.8) is 0 Å². The lowest BCUT2D eigenvalue weighted by molar-refractivity contribution is -0.136. The molecule has 0 aromatic rings. The van der Waals surface area contributed by atoms with Crippen molar-refractivity contribution in [2.75, 3.05) is 7.11 Å². The van der Waals surface area contributed by atoms with Gasteiger partial charge >= 0.3 is 5.97 Å². The van der Waals surface area contributed by atoms with Crippen molar-refractivity contribution >= 4 is 5.97 Å². The fourth-order valence-electron chi connectivity index (χ4n) is 1.80. The van der Waals surface area contributed by atoms with E-state index in [4.69, 9.17) is 0 Å². The Labute approximate surface area is 80.0 Å². The van der Waals surface area contributed by atoms with Crippen LogP contribution in [0.1, 0.15) is 27.7 Å². The Bertz CT molecular complexity index is 251. The van der Waals surface area contributed by atoms with Crippen LogP contribution in [0.3, 0.4) is 0 Å². The Balaban J connectivity index is 2.64. The monoisotopic (exact) mass is 182 g/mol. The standard InChI is InChI=1S/C11H18O2/c1-7(10(12)13-5)6-9-8(2)11(9,3)4/h6,8-9H,1-5H3/b7-6+. The van der Waals surface area contributed by atoms with E-state index < -0.39 is 0 Å². The molecule has 0 saturated heterocycles. The number of hydrogen-bond acceptors (Lipinski definition) is 2. The van der Waals surface area contributed by atoms with Crippen LogP contribution < -0.4 is 0 Å². The minimum Gasteiger partial charge on any atom is -0.466 e. The first-order valence-corrected chi connectivity index (χ1v) is 4.68. The summed E-state index contributed by atoms with van der Waals surface area (Å²) in [6.07, 6.45) is 2.04. The zero-order valence-corrected chi connectivity index (χ0v) is 9.05. The summed E-state index contributed by atoms with van der Waals surface area (Å²) in [5.74, 6) is 0.994. The fourth-order valence-corrected chi connectivity index (χ4v) is 1.80. The zero-order valence-electron chi connectivity index (χ0n) is 9.05. The van der Waals surface area contributed by atoms with Gasteiger partial charge in [0.25, 0.3) is 0 Å². The van der Waals surface area contributed by atoms with Gasteiger partial charge in [-0.2, -0.15) is 0 Å². The Morgan fingerprint density at radius 1 is 1.46 bits per heavy atom. The second-order valence-corrected chi connectivity index (χ2v) is 4.48. The second-order valence-electron chi connectivity index (χ2n) is 4.48. The smallest absolute Gasteiger partial charge is 0.333 e. The molecule has 0 aliphatic heterocycles. The molecule has 1 rings (SSSR count).